The summed E-state index contributed by atoms with van der Waals surface area (Å²) in [4.78, 5) is 10.1. The second-order valence-corrected chi connectivity index (χ2v) is 1.74. The number of halogens is 3. The Balaban J connectivity index is 2.69. The molecule has 0 atom stereocenters. The van der Waals surface area contributed by atoms with Gasteiger partial charge in [0.25, 0.3) is 0 Å². The first-order chi connectivity index (χ1) is 4.50. The first-order valence-corrected chi connectivity index (χ1v) is 2.48. The fourth-order valence-electron chi connectivity index (χ4n) is 0.556. The predicted octanol–water partition coefficient (Wildman–Crippen LogP) is 1.38. The first-order valence-electron chi connectivity index (χ1n) is 2.48. The molecular weight excluding hydrogens is 149 g/mol. The molecule has 5 heteroatoms. The summed E-state index contributed by atoms with van der Waals surface area (Å²) in [6.07, 6.45) is -4.08. The highest BCUT2D eigenvalue weighted by molar-refractivity contribution is 5.75. The Kier molecular flexibility index (Phi) is 1.42. The van der Waals surface area contributed by atoms with E-state index in [-0.39, 0.29) is 6.42 Å². The summed E-state index contributed by atoms with van der Waals surface area (Å²) in [5.74, 6) is -2.05. The van der Waals surface area contributed by atoms with E-state index in [1.165, 1.54) is 0 Å². The molecule has 56 valence electrons. The number of esters is 1. The first kappa shape index (κ1) is 7.11. The molecule has 0 saturated heterocycles. The molecule has 0 aliphatic carbocycles. The summed E-state index contributed by atoms with van der Waals surface area (Å²) < 4.78 is 38.6. The number of cyclic esters (lactones) is 1. The molecule has 0 saturated carbocycles. The summed E-state index contributed by atoms with van der Waals surface area (Å²) in [6, 6.07) is 0. The summed E-state index contributed by atoms with van der Waals surface area (Å²) in [7, 11) is 0. The number of carbonyl (C=O) groups is 1. The van der Waals surface area contributed by atoms with Crippen molar-refractivity contribution in [3.8, 4) is 0 Å². The number of hydrogen-bond donors (Lipinski definition) is 0. The lowest BCUT2D eigenvalue weighted by atomic mass is 10.4. The molecule has 1 aliphatic rings. The highest BCUT2D eigenvalue weighted by Gasteiger charge is 2.39. The van der Waals surface area contributed by atoms with Crippen LogP contribution in [0.3, 0.4) is 0 Å². The zero-order valence-electron chi connectivity index (χ0n) is 4.73. The molecule has 1 rings (SSSR count). The summed E-state index contributed by atoms with van der Waals surface area (Å²) in [5, 5.41) is 0. The number of ether oxygens (including phenoxy) is 1. The van der Waals surface area contributed by atoms with Crippen LogP contribution in [0.4, 0.5) is 13.2 Å². The maximum absolute atomic E-state index is 11.6. The van der Waals surface area contributed by atoms with Crippen LogP contribution in [0.5, 0.6) is 0 Å². The van der Waals surface area contributed by atoms with Crippen molar-refractivity contribution in [3.05, 3.63) is 11.8 Å². The molecule has 0 aromatic heterocycles. The van der Waals surface area contributed by atoms with Crippen LogP contribution in [0, 0.1) is 0 Å². The Morgan fingerprint density at radius 1 is 1.50 bits per heavy atom. The van der Waals surface area contributed by atoms with E-state index in [1.807, 2.05) is 0 Å². The third-order valence-corrected chi connectivity index (χ3v) is 0.957. The van der Waals surface area contributed by atoms with E-state index >= 15 is 0 Å². The molecule has 0 fully saturated rings. The fraction of sp³-hybridized carbons (Fsp3) is 0.400. The lowest BCUT2D eigenvalue weighted by molar-refractivity contribution is -0.155. The Morgan fingerprint density at radius 2 is 2.10 bits per heavy atom. The van der Waals surface area contributed by atoms with Gasteiger partial charge in [-0.25, -0.2) is 0 Å². The van der Waals surface area contributed by atoms with Gasteiger partial charge in [-0.05, 0) is 6.08 Å². The minimum atomic E-state index is -4.52. The van der Waals surface area contributed by atoms with E-state index in [2.05, 4.69) is 4.74 Å². The van der Waals surface area contributed by atoms with Gasteiger partial charge in [-0.15, -0.1) is 0 Å². The van der Waals surface area contributed by atoms with Crippen LogP contribution in [0.1, 0.15) is 6.42 Å². The lowest BCUT2D eigenvalue weighted by Gasteiger charge is -2.04. The quantitative estimate of drug-likeness (QED) is 0.490. The lowest BCUT2D eigenvalue weighted by Crippen LogP contribution is -2.13. The van der Waals surface area contributed by atoms with Crippen molar-refractivity contribution in [1.82, 2.24) is 0 Å². The summed E-state index contributed by atoms with van der Waals surface area (Å²) in [6.45, 7) is 0. The standard InChI is InChI=1S/C5H3F3O2/c6-5(7,8)3-1-2-4(9)10-3/h1H,2H2. The zero-order chi connectivity index (χ0) is 7.78. The number of allylic oxidation sites excluding steroid dienone is 1. The molecular formula is C5H3F3O2. The summed E-state index contributed by atoms with van der Waals surface area (Å²) in [5.41, 5.74) is 0. The molecule has 0 spiro atoms. The average molecular weight is 152 g/mol. The molecule has 10 heavy (non-hydrogen) atoms. The van der Waals surface area contributed by atoms with Gasteiger partial charge >= 0.3 is 12.1 Å². The van der Waals surface area contributed by atoms with Crippen LogP contribution in [-0.2, 0) is 9.53 Å². The van der Waals surface area contributed by atoms with Crippen molar-refractivity contribution >= 4 is 5.97 Å². The van der Waals surface area contributed by atoms with Gasteiger partial charge in [0.1, 0.15) is 0 Å². The van der Waals surface area contributed by atoms with Crippen LogP contribution in [0.15, 0.2) is 11.8 Å². The minimum absolute atomic E-state index is 0.283. The zero-order valence-corrected chi connectivity index (χ0v) is 4.73. The molecule has 0 aromatic carbocycles. The van der Waals surface area contributed by atoms with Gasteiger partial charge in [-0.1, -0.05) is 0 Å². The minimum Gasteiger partial charge on any atom is -0.421 e. The van der Waals surface area contributed by atoms with Crippen LogP contribution < -0.4 is 0 Å². The van der Waals surface area contributed by atoms with Gasteiger partial charge in [0, 0.05) is 0 Å². The van der Waals surface area contributed by atoms with E-state index in [0.29, 0.717) is 0 Å². The van der Waals surface area contributed by atoms with E-state index < -0.39 is 17.9 Å². The van der Waals surface area contributed by atoms with E-state index in [0.717, 1.165) is 6.08 Å². The molecule has 0 amide bonds. The molecule has 0 aromatic rings. The normalized spacial score (nSPS) is 18.7. The van der Waals surface area contributed by atoms with Crippen molar-refractivity contribution < 1.29 is 22.7 Å². The average Bonchev–Trinajstić information content (AvgIpc) is 2.11. The SMILES string of the molecule is O=C1CC=C(C(F)(F)F)O1. The van der Waals surface area contributed by atoms with Crippen molar-refractivity contribution in [2.75, 3.05) is 0 Å². The van der Waals surface area contributed by atoms with Gasteiger partial charge in [0.05, 0.1) is 6.42 Å². The predicted molar refractivity (Wildman–Crippen MR) is 24.8 cm³/mol. The van der Waals surface area contributed by atoms with E-state index in [1.54, 1.807) is 0 Å². The molecule has 0 radical (unpaired) electrons. The van der Waals surface area contributed by atoms with Crippen molar-refractivity contribution in [3.63, 3.8) is 0 Å². The molecule has 0 N–H and O–H groups in total. The summed E-state index contributed by atoms with van der Waals surface area (Å²) >= 11 is 0. The van der Waals surface area contributed by atoms with E-state index in [4.69, 9.17) is 0 Å². The molecule has 0 bridgehead atoms. The monoisotopic (exact) mass is 152 g/mol. The van der Waals surface area contributed by atoms with Gasteiger partial charge in [0.15, 0.2) is 0 Å². The Labute approximate surface area is 54.3 Å². The highest BCUT2D eigenvalue weighted by atomic mass is 19.4. The number of rotatable bonds is 0. The Hall–Kier alpha value is -1.00. The maximum Gasteiger partial charge on any atom is 0.449 e. The molecule has 2 nitrogen and oxygen atoms in total. The van der Waals surface area contributed by atoms with Gasteiger partial charge in [-0.3, -0.25) is 4.79 Å². The largest absolute Gasteiger partial charge is 0.449 e. The van der Waals surface area contributed by atoms with Crippen LogP contribution >= 0.6 is 0 Å². The highest BCUT2D eigenvalue weighted by Crippen LogP contribution is 2.29. The van der Waals surface area contributed by atoms with Crippen LogP contribution in [0.2, 0.25) is 0 Å². The second kappa shape index (κ2) is 2.00. The van der Waals surface area contributed by atoms with Gasteiger partial charge in [0.2, 0.25) is 5.76 Å². The van der Waals surface area contributed by atoms with Crippen molar-refractivity contribution in [2.24, 2.45) is 0 Å². The van der Waals surface area contributed by atoms with Crippen molar-refractivity contribution in [1.29, 1.82) is 0 Å². The third kappa shape index (κ3) is 1.29. The Bertz CT molecular complexity index is 192. The van der Waals surface area contributed by atoms with Crippen LogP contribution in [-0.4, -0.2) is 12.1 Å². The van der Waals surface area contributed by atoms with E-state index in [9.17, 15) is 18.0 Å². The Morgan fingerprint density at radius 3 is 2.30 bits per heavy atom. The molecule has 1 aliphatic heterocycles. The van der Waals surface area contributed by atoms with Crippen LogP contribution in [0.25, 0.3) is 0 Å². The van der Waals surface area contributed by atoms with Crippen molar-refractivity contribution in [2.45, 2.75) is 12.6 Å². The number of carbonyl (C=O) groups excluding carboxylic acids is 1. The topological polar surface area (TPSA) is 26.3 Å². The second-order valence-electron chi connectivity index (χ2n) is 1.74. The smallest absolute Gasteiger partial charge is 0.421 e. The number of hydrogen-bond acceptors (Lipinski definition) is 2. The fourth-order valence-corrected chi connectivity index (χ4v) is 0.556. The molecule has 0 unspecified atom stereocenters. The number of alkyl halides is 3. The van der Waals surface area contributed by atoms with Gasteiger partial charge in [-0.2, -0.15) is 13.2 Å². The molecule has 1 heterocycles. The third-order valence-electron chi connectivity index (χ3n) is 0.957. The maximum atomic E-state index is 11.6. The van der Waals surface area contributed by atoms with Gasteiger partial charge < -0.3 is 4.74 Å².